The van der Waals surface area contributed by atoms with Gasteiger partial charge < -0.3 is 16.2 Å². The summed E-state index contributed by atoms with van der Waals surface area (Å²) in [5.74, 6) is 0.588. The van der Waals surface area contributed by atoms with Crippen molar-refractivity contribution in [3.63, 3.8) is 0 Å². The molecule has 1 unspecified atom stereocenters. The number of carbonyl (C=O) groups excluding carboxylic acids is 1. The topological polar surface area (TPSA) is 92.4 Å². The van der Waals surface area contributed by atoms with Gasteiger partial charge in [0.25, 0.3) is 5.91 Å². The summed E-state index contributed by atoms with van der Waals surface area (Å²) in [6.45, 7) is 0.386. The molecule has 0 aliphatic rings. The van der Waals surface area contributed by atoms with Gasteiger partial charge in [0.1, 0.15) is 6.04 Å². The van der Waals surface area contributed by atoms with Crippen LogP contribution in [0, 0.1) is 12.3 Å². The summed E-state index contributed by atoms with van der Waals surface area (Å²) in [4.78, 5) is 22.6. The maximum absolute atomic E-state index is 11.8. The van der Waals surface area contributed by atoms with E-state index < -0.39 is 17.9 Å². The summed E-state index contributed by atoms with van der Waals surface area (Å²) in [7, 11) is 0. The molecule has 1 atom stereocenters. The van der Waals surface area contributed by atoms with Crippen LogP contribution in [-0.2, 0) is 11.3 Å². The highest BCUT2D eigenvalue weighted by Gasteiger charge is 2.19. The Kier molecular flexibility index (Phi) is 4.90. The summed E-state index contributed by atoms with van der Waals surface area (Å²) in [6, 6.07) is 5.53. The van der Waals surface area contributed by atoms with Gasteiger partial charge in [-0.3, -0.25) is 4.79 Å². The van der Waals surface area contributed by atoms with Crippen molar-refractivity contribution in [2.75, 3.05) is 0 Å². The third-order valence-electron chi connectivity index (χ3n) is 2.38. The molecule has 5 nitrogen and oxygen atoms in total. The Morgan fingerprint density at radius 3 is 2.44 bits per heavy atom. The van der Waals surface area contributed by atoms with Crippen LogP contribution < -0.4 is 11.1 Å². The molecule has 0 aromatic heterocycles. The molecular weight excluding hydrogens is 232 g/mol. The number of carboxylic acid groups (broad SMARTS) is 1. The van der Waals surface area contributed by atoms with Gasteiger partial charge in [0.05, 0.1) is 0 Å². The molecule has 0 aliphatic carbocycles. The molecule has 0 spiro atoms. The number of amides is 1. The molecule has 1 aromatic rings. The van der Waals surface area contributed by atoms with Crippen molar-refractivity contribution in [3.05, 3.63) is 35.4 Å². The maximum Gasteiger partial charge on any atom is 0.327 e. The standard InChI is InChI=1S/C13H14N2O3/c1-2-3-11(13(17)18)15-12(16)10-6-4-9(8-14)5-7-10/h1,4-7,11H,3,8,14H2,(H,15,16)(H,17,18). The van der Waals surface area contributed by atoms with Crippen molar-refractivity contribution >= 4 is 11.9 Å². The molecule has 1 amide bonds. The van der Waals surface area contributed by atoms with Gasteiger partial charge in [-0.25, -0.2) is 4.79 Å². The summed E-state index contributed by atoms with van der Waals surface area (Å²) in [5.41, 5.74) is 6.70. The van der Waals surface area contributed by atoms with Crippen molar-refractivity contribution in [2.24, 2.45) is 5.73 Å². The average Bonchev–Trinajstić information content (AvgIpc) is 2.38. The fraction of sp³-hybridized carbons (Fsp3) is 0.231. The zero-order valence-electron chi connectivity index (χ0n) is 9.72. The van der Waals surface area contributed by atoms with E-state index in [-0.39, 0.29) is 6.42 Å². The first kappa shape index (κ1) is 13.7. The van der Waals surface area contributed by atoms with Gasteiger partial charge >= 0.3 is 5.97 Å². The van der Waals surface area contributed by atoms with E-state index in [4.69, 9.17) is 17.3 Å². The molecule has 0 bridgehead atoms. The zero-order valence-corrected chi connectivity index (χ0v) is 9.72. The molecule has 0 radical (unpaired) electrons. The predicted molar refractivity (Wildman–Crippen MR) is 66.7 cm³/mol. The normalized spacial score (nSPS) is 11.3. The third kappa shape index (κ3) is 3.61. The summed E-state index contributed by atoms with van der Waals surface area (Å²) < 4.78 is 0. The van der Waals surface area contributed by atoms with Crippen LogP contribution in [0.2, 0.25) is 0 Å². The SMILES string of the molecule is C#CCC(NC(=O)c1ccc(CN)cc1)C(=O)O. The molecule has 0 fully saturated rings. The van der Waals surface area contributed by atoms with Crippen LogP contribution in [0.3, 0.4) is 0 Å². The molecule has 4 N–H and O–H groups in total. The fourth-order valence-electron chi connectivity index (χ4n) is 1.35. The lowest BCUT2D eigenvalue weighted by Crippen LogP contribution is -2.40. The second-order valence-corrected chi connectivity index (χ2v) is 3.67. The molecule has 0 saturated heterocycles. The lowest BCUT2D eigenvalue weighted by atomic mass is 10.1. The minimum atomic E-state index is -1.15. The minimum absolute atomic E-state index is 0.0536. The molecule has 0 saturated carbocycles. The number of hydrogen-bond acceptors (Lipinski definition) is 3. The highest BCUT2D eigenvalue weighted by Crippen LogP contribution is 2.04. The molecule has 1 rings (SSSR count). The number of carboxylic acids is 1. The van der Waals surface area contributed by atoms with Crippen LogP contribution in [0.4, 0.5) is 0 Å². The van der Waals surface area contributed by atoms with Crippen LogP contribution in [0.15, 0.2) is 24.3 Å². The number of rotatable bonds is 5. The summed E-state index contributed by atoms with van der Waals surface area (Å²) >= 11 is 0. The van der Waals surface area contributed by atoms with Gasteiger partial charge in [-0.15, -0.1) is 12.3 Å². The number of terminal acetylenes is 1. The number of aliphatic carboxylic acids is 1. The second-order valence-electron chi connectivity index (χ2n) is 3.67. The Morgan fingerprint density at radius 2 is 2.00 bits per heavy atom. The van der Waals surface area contributed by atoms with Crippen molar-refractivity contribution in [2.45, 2.75) is 19.0 Å². The van der Waals surface area contributed by atoms with E-state index in [0.717, 1.165) is 5.56 Å². The van der Waals surface area contributed by atoms with Crippen LogP contribution in [0.25, 0.3) is 0 Å². The first-order chi connectivity index (χ1) is 8.58. The Hall–Kier alpha value is -2.32. The van der Waals surface area contributed by atoms with Crippen molar-refractivity contribution in [1.29, 1.82) is 0 Å². The highest BCUT2D eigenvalue weighted by atomic mass is 16.4. The van der Waals surface area contributed by atoms with Gasteiger partial charge in [-0.1, -0.05) is 12.1 Å². The molecule has 0 heterocycles. The Bertz CT molecular complexity index is 474. The molecule has 94 valence electrons. The summed E-state index contributed by atoms with van der Waals surface area (Å²) in [5, 5.41) is 11.2. The number of benzene rings is 1. The van der Waals surface area contributed by atoms with E-state index >= 15 is 0 Å². The maximum atomic E-state index is 11.8. The van der Waals surface area contributed by atoms with E-state index in [0.29, 0.717) is 12.1 Å². The predicted octanol–water partition coefficient (Wildman–Crippen LogP) is 0.352. The van der Waals surface area contributed by atoms with E-state index in [1.807, 2.05) is 0 Å². The molecular formula is C13H14N2O3. The van der Waals surface area contributed by atoms with E-state index in [2.05, 4.69) is 11.2 Å². The van der Waals surface area contributed by atoms with Crippen molar-refractivity contribution in [3.8, 4) is 12.3 Å². The number of hydrogen-bond donors (Lipinski definition) is 3. The van der Waals surface area contributed by atoms with Crippen LogP contribution in [-0.4, -0.2) is 23.0 Å². The molecule has 1 aromatic carbocycles. The lowest BCUT2D eigenvalue weighted by molar-refractivity contribution is -0.139. The van der Waals surface area contributed by atoms with Gasteiger partial charge in [0.15, 0.2) is 0 Å². The van der Waals surface area contributed by atoms with Gasteiger partial charge in [-0.2, -0.15) is 0 Å². The Labute approximate surface area is 105 Å². The quantitative estimate of drug-likeness (QED) is 0.654. The van der Waals surface area contributed by atoms with E-state index in [1.165, 1.54) is 0 Å². The first-order valence-corrected chi connectivity index (χ1v) is 5.34. The second kappa shape index (κ2) is 6.42. The van der Waals surface area contributed by atoms with Crippen LogP contribution in [0.1, 0.15) is 22.3 Å². The van der Waals surface area contributed by atoms with Gasteiger partial charge in [-0.05, 0) is 17.7 Å². The lowest BCUT2D eigenvalue weighted by Gasteiger charge is -2.11. The van der Waals surface area contributed by atoms with Crippen LogP contribution >= 0.6 is 0 Å². The average molecular weight is 246 g/mol. The number of carbonyl (C=O) groups is 2. The third-order valence-corrected chi connectivity index (χ3v) is 2.38. The molecule has 18 heavy (non-hydrogen) atoms. The van der Waals surface area contributed by atoms with Crippen LogP contribution in [0.5, 0.6) is 0 Å². The highest BCUT2D eigenvalue weighted by molar-refractivity contribution is 5.96. The summed E-state index contributed by atoms with van der Waals surface area (Å²) in [6.07, 6.45) is 4.99. The van der Waals surface area contributed by atoms with Gasteiger partial charge in [0, 0.05) is 18.5 Å². The fourth-order valence-corrected chi connectivity index (χ4v) is 1.35. The molecule has 0 aliphatic heterocycles. The zero-order chi connectivity index (χ0) is 13.5. The van der Waals surface area contributed by atoms with Crippen molar-refractivity contribution in [1.82, 2.24) is 5.32 Å². The Balaban J connectivity index is 2.74. The first-order valence-electron chi connectivity index (χ1n) is 5.34. The van der Waals surface area contributed by atoms with E-state index in [9.17, 15) is 9.59 Å². The monoisotopic (exact) mass is 246 g/mol. The number of nitrogens with one attached hydrogen (secondary N) is 1. The molecule has 5 heteroatoms. The van der Waals surface area contributed by atoms with Gasteiger partial charge in [0.2, 0.25) is 0 Å². The van der Waals surface area contributed by atoms with Crippen molar-refractivity contribution < 1.29 is 14.7 Å². The minimum Gasteiger partial charge on any atom is -0.480 e. The Morgan fingerprint density at radius 1 is 1.39 bits per heavy atom. The smallest absolute Gasteiger partial charge is 0.327 e. The largest absolute Gasteiger partial charge is 0.480 e. The number of nitrogens with two attached hydrogens (primary N) is 1. The van der Waals surface area contributed by atoms with E-state index in [1.54, 1.807) is 24.3 Å².